The van der Waals surface area contributed by atoms with E-state index in [0.29, 0.717) is 35.1 Å². The number of hydrogen-bond acceptors (Lipinski definition) is 2. The van der Waals surface area contributed by atoms with Gasteiger partial charge in [-0.05, 0) is 114 Å². The van der Waals surface area contributed by atoms with Gasteiger partial charge in [0.2, 0.25) is 0 Å². The van der Waals surface area contributed by atoms with Gasteiger partial charge in [-0.15, -0.1) is 0 Å². The van der Waals surface area contributed by atoms with Crippen LogP contribution in [0.5, 0.6) is 0 Å². The fourth-order valence-corrected chi connectivity index (χ4v) is 12.0. The van der Waals surface area contributed by atoms with Crippen molar-refractivity contribution in [2.45, 2.75) is 75.0 Å². The molecule has 5 heteroatoms. The quantitative estimate of drug-likeness (QED) is 0.240. The molecule has 2 N–H and O–H groups in total. The van der Waals surface area contributed by atoms with Gasteiger partial charge >= 0.3 is 0 Å². The third-order valence-electron chi connectivity index (χ3n) is 14.1. The Labute approximate surface area is 284 Å². The van der Waals surface area contributed by atoms with E-state index in [-0.39, 0.29) is 29.5 Å². The summed E-state index contributed by atoms with van der Waals surface area (Å²) in [7, 11) is 0. The monoisotopic (exact) mass is 640 g/mol. The van der Waals surface area contributed by atoms with Crippen LogP contribution in [0.1, 0.15) is 120 Å². The highest BCUT2D eigenvalue weighted by atomic mass is 19.1. The zero-order valence-corrected chi connectivity index (χ0v) is 27.4. The van der Waals surface area contributed by atoms with Crippen molar-refractivity contribution in [1.82, 2.24) is 19.9 Å². The highest BCUT2D eigenvalue weighted by Gasteiger charge is 2.43. The maximum absolute atomic E-state index is 17.6. The molecule has 0 aromatic carbocycles. The van der Waals surface area contributed by atoms with Crippen molar-refractivity contribution in [3.63, 3.8) is 0 Å². The van der Waals surface area contributed by atoms with Crippen molar-refractivity contribution >= 4 is 44.4 Å². The summed E-state index contributed by atoms with van der Waals surface area (Å²) in [5.74, 6) is 2.40. The van der Waals surface area contributed by atoms with Crippen molar-refractivity contribution in [2.75, 3.05) is 0 Å². The van der Waals surface area contributed by atoms with Gasteiger partial charge in [0.05, 0.1) is 11.4 Å². The van der Waals surface area contributed by atoms with Gasteiger partial charge in [-0.25, -0.2) is 14.4 Å². The number of H-pyrrole nitrogens is 2. The number of nitrogens with zero attached hydrogens (tertiary/aromatic N) is 2. The fourth-order valence-electron chi connectivity index (χ4n) is 12.0. The lowest BCUT2D eigenvalue weighted by molar-refractivity contribution is 0.547. The lowest BCUT2D eigenvalue weighted by atomic mass is 9.69. The van der Waals surface area contributed by atoms with Crippen molar-refractivity contribution in [2.24, 2.45) is 23.7 Å². The summed E-state index contributed by atoms with van der Waals surface area (Å²) in [6.45, 7) is 0. The summed E-state index contributed by atoms with van der Waals surface area (Å²) < 4.78 is 17.6. The van der Waals surface area contributed by atoms with E-state index >= 15 is 4.39 Å². The second-order valence-corrected chi connectivity index (χ2v) is 16.4. The van der Waals surface area contributed by atoms with Crippen molar-refractivity contribution in [3.8, 4) is 0 Å². The molecular formula is C44H37FN4. The first-order valence-corrected chi connectivity index (χ1v) is 18.9. The summed E-state index contributed by atoms with van der Waals surface area (Å²) in [6, 6.07) is 7.01. The molecule has 8 atom stereocenters. The molecule has 16 bridgehead atoms. The summed E-state index contributed by atoms with van der Waals surface area (Å²) in [5, 5.41) is 0. The zero-order valence-electron chi connectivity index (χ0n) is 27.4. The predicted octanol–water partition coefficient (Wildman–Crippen LogP) is 10.5. The lowest BCUT2D eigenvalue weighted by Gasteiger charge is -2.33. The number of allylic oxidation sites excluding steroid dienone is 12. The first-order chi connectivity index (χ1) is 24.2. The van der Waals surface area contributed by atoms with Crippen LogP contribution in [0, 0.1) is 29.5 Å². The van der Waals surface area contributed by atoms with Crippen molar-refractivity contribution < 1.29 is 4.39 Å². The van der Waals surface area contributed by atoms with Crippen molar-refractivity contribution in [1.29, 1.82) is 0 Å². The molecule has 0 spiro atoms. The Morgan fingerprint density at radius 1 is 0.408 bits per heavy atom. The van der Waals surface area contributed by atoms with Gasteiger partial charge in [-0.3, -0.25) is 0 Å². The maximum Gasteiger partial charge on any atom is 0.175 e. The Morgan fingerprint density at radius 2 is 0.714 bits per heavy atom. The summed E-state index contributed by atoms with van der Waals surface area (Å²) in [6.07, 6.45) is 28.2. The molecule has 0 radical (unpaired) electrons. The van der Waals surface area contributed by atoms with E-state index in [1.807, 2.05) is 0 Å². The number of nitrogens with one attached hydrogen (secondary N) is 2. The van der Waals surface area contributed by atoms with Crippen LogP contribution < -0.4 is 0 Å². The van der Waals surface area contributed by atoms with Crippen LogP contribution in [-0.2, 0) is 0 Å². The number of aromatic nitrogens is 4. The van der Waals surface area contributed by atoms with E-state index in [1.165, 1.54) is 70.1 Å². The van der Waals surface area contributed by atoms with Gasteiger partial charge in [-0.1, -0.05) is 48.6 Å². The van der Waals surface area contributed by atoms with Crippen LogP contribution in [0.25, 0.3) is 44.4 Å². The molecule has 3 aromatic rings. The minimum Gasteiger partial charge on any atom is -0.355 e. The first kappa shape index (κ1) is 26.4. The van der Waals surface area contributed by atoms with E-state index in [2.05, 4.69) is 76.8 Å². The molecule has 8 unspecified atom stereocenters. The smallest absolute Gasteiger partial charge is 0.175 e. The van der Waals surface area contributed by atoms with Gasteiger partial charge < -0.3 is 9.97 Å². The Balaban J connectivity index is 1.21. The molecule has 4 nitrogen and oxygen atoms in total. The molecule has 2 aliphatic heterocycles. The highest BCUT2D eigenvalue weighted by molar-refractivity contribution is 6.01. The fraction of sp³-hybridized carbons (Fsp3) is 0.364. The normalized spacial score (nSPS) is 33.1. The molecule has 240 valence electrons. The SMILES string of the molecule is Fc1c2nc(cc3[nH]c(cc4[nH]c(cc5nc1C1=C5C5C=CC1CC5)c1c4C4C=CC1CC4)c1c3C3C=CC1CC3)C1=C2C2C=CC1CC2. The Morgan fingerprint density at radius 3 is 1.06 bits per heavy atom. The van der Waals surface area contributed by atoms with E-state index in [9.17, 15) is 0 Å². The molecule has 17 rings (SSSR count). The molecule has 0 saturated carbocycles. The molecule has 12 aliphatic carbocycles. The van der Waals surface area contributed by atoms with Gasteiger partial charge in [0, 0.05) is 69.4 Å². The summed E-state index contributed by atoms with van der Waals surface area (Å²) in [5.41, 5.74) is 18.2. The van der Waals surface area contributed by atoms with Gasteiger partial charge in [-0.2, -0.15) is 0 Å². The van der Waals surface area contributed by atoms with E-state index < -0.39 is 0 Å². The molecule has 14 aliphatic rings. The van der Waals surface area contributed by atoms with Gasteiger partial charge in [0.25, 0.3) is 0 Å². The number of rotatable bonds is 0. The zero-order chi connectivity index (χ0) is 31.7. The average molecular weight is 641 g/mol. The van der Waals surface area contributed by atoms with Crippen LogP contribution in [0.3, 0.4) is 0 Å². The predicted molar refractivity (Wildman–Crippen MR) is 193 cm³/mol. The minimum atomic E-state index is -0.221. The molecule has 5 heterocycles. The van der Waals surface area contributed by atoms with Crippen LogP contribution in [0.2, 0.25) is 0 Å². The molecule has 0 fully saturated rings. The topological polar surface area (TPSA) is 57.4 Å². The summed E-state index contributed by atoms with van der Waals surface area (Å²) in [4.78, 5) is 18.5. The molecular weight excluding hydrogens is 604 g/mol. The highest BCUT2D eigenvalue weighted by Crippen LogP contribution is 2.56. The number of fused-ring (bicyclic) bond motifs is 12. The van der Waals surface area contributed by atoms with Gasteiger partial charge in [0.1, 0.15) is 11.4 Å². The van der Waals surface area contributed by atoms with E-state index in [4.69, 9.17) is 9.97 Å². The number of hydrogen-bond donors (Lipinski definition) is 2. The van der Waals surface area contributed by atoms with E-state index in [0.717, 1.165) is 59.3 Å². The van der Waals surface area contributed by atoms with E-state index in [1.54, 1.807) is 0 Å². The van der Waals surface area contributed by atoms with Crippen LogP contribution in [-0.4, -0.2) is 19.9 Å². The third kappa shape index (κ3) is 3.26. The molecule has 0 saturated heterocycles. The molecule has 3 aromatic heterocycles. The van der Waals surface area contributed by atoms with Gasteiger partial charge in [0.15, 0.2) is 5.82 Å². The lowest BCUT2D eigenvalue weighted by Crippen LogP contribution is -2.20. The maximum atomic E-state index is 17.6. The largest absolute Gasteiger partial charge is 0.355 e. The Hall–Kier alpha value is -4.51. The minimum absolute atomic E-state index is 0.207. The Bertz CT molecular complexity index is 2310. The second kappa shape index (κ2) is 8.98. The summed E-state index contributed by atoms with van der Waals surface area (Å²) >= 11 is 0. The van der Waals surface area contributed by atoms with Crippen LogP contribution >= 0.6 is 0 Å². The average Bonchev–Trinajstić information content (AvgIpc) is 3.94. The Kier molecular flexibility index (Phi) is 4.83. The number of halogens is 1. The van der Waals surface area contributed by atoms with Crippen LogP contribution in [0.15, 0.2) is 66.8 Å². The second-order valence-electron chi connectivity index (χ2n) is 16.4. The third-order valence-corrected chi connectivity index (χ3v) is 14.1. The van der Waals surface area contributed by atoms with Crippen molar-refractivity contribution in [3.05, 3.63) is 118 Å². The number of aromatic amines is 2. The first-order valence-electron chi connectivity index (χ1n) is 18.9. The standard InChI is InChI=1S/C44H37FN4/c45-42-43-40-26-13-9-24(10-14-26)38(40)32(48-43)18-30-36-22-5-1-20(2-6-22)34(36)28(46-30)17-29-35-21-3-7-23(8-4-21)37(35)31(47-29)19-33-39-25-11-15-27(16-12-25)41(39)44(42)49-33/h1,3,5,7,9,11,13,15,17-27,46-47H,2,4,6,8,10,12,14,16H2. The molecule has 49 heavy (non-hydrogen) atoms. The van der Waals surface area contributed by atoms with Crippen LogP contribution in [0.4, 0.5) is 4.39 Å². The molecule has 0 amide bonds.